The van der Waals surface area contributed by atoms with Gasteiger partial charge in [0, 0.05) is 47.5 Å². The van der Waals surface area contributed by atoms with Crippen LogP contribution in [0.4, 0.5) is 0 Å². The number of rotatable bonds is 4. The Bertz CT molecular complexity index is 591. The summed E-state index contributed by atoms with van der Waals surface area (Å²) in [6, 6.07) is 4.84. The highest BCUT2D eigenvalue weighted by molar-refractivity contribution is 5.53. The molecule has 1 atom stereocenters. The molecule has 0 aliphatic heterocycles. The Morgan fingerprint density at radius 1 is 1.19 bits per heavy atom. The highest BCUT2D eigenvalue weighted by Gasteiger charge is 2.19. The summed E-state index contributed by atoms with van der Waals surface area (Å²) in [4.78, 5) is 13.2. The number of nitrogens with one attached hydrogen (secondary N) is 1. The molecule has 4 nitrogen and oxygen atoms in total. The Morgan fingerprint density at radius 2 is 1.90 bits per heavy atom. The van der Waals surface area contributed by atoms with Gasteiger partial charge in [-0.2, -0.15) is 0 Å². The van der Waals surface area contributed by atoms with Gasteiger partial charge in [0.2, 0.25) is 0 Å². The Balaban J connectivity index is 1.77. The molecular formula is C17H22N4. The van der Waals surface area contributed by atoms with Gasteiger partial charge in [0.1, 0.15) is 0 Å². The van der Waals surface area contributed by atoms with E-state index < -0.39 is 0 Å². The van der Waals surface area contributed by atoms with E-state index in [1.165, 1.54) is 31.2 Å². The van der Waals surface area contributed by atoms with Crippen molar-refractivity contribution in [2.45, 2.75) is 51.6 Å². The molecule has 0 bridgehead atoms. The monoisotopic (exact) mass is 282 g/mol. The zero-order valence-corrected chi connectivity index (χ0v) is 12.7. The fourth-order valence-corrected chi connectivity index (χ4v) is 3.08. The van der Waals surface area contributed by atoms with E-state index in [1.807, 2.05) is 18.3 Å². The highest BCUT2D eigenvalue weighted by Crippen LogP contribution is 2.24. The summed E-state index contributed by atoms with van der Waals surface area (Å²) in [6.45, 7) is 4.27. The molecule has 4 heteroatoms. The third-order valence-electron chi connectivity index (χ3n) is 4.26. The maximum absolute atomic E-state index is 4.66. The molecule has 1 fully saturated rings. The van der Waals surface area contributed by atoms with Crippen molar-refractivity contribution in [2.24, 2.45) is 0 Å². The van der Waals surface area contributed by atoms with E-state index in [0.29, 0.717) is 12.1 Å². The molecule has 0 radical (unpaired) electrons. The van der Waals surface area contributed by atoms with Gasteiger partial charge in [-0.3, -0.25) is 4.98 Å². The van der Waals surface area contributed by atoms with Crippen molar-refractivity contribution < 1.29 is 0 Å². The minimum absolute atomic E-state index is 0.305. The quantitative estimate of drug-likeness (QED) is 0.933. The third-order valence-corrected chi connectivity index (χ3v) is 4.26. The normalized spacial score (nSPS) is 17.0. The van der Waals surface area contributed by atoms with Gasteiger partial charge in [0.05, 0.1) is 0 Å². The van der Waals surface area contributed by atoms with E-state index in [0.717, 1.165) is 17.1 Å². The fourth-order valence-electron chi connectivity index (χ4n) is 3.08. The topological polar surface area (TPSA) is 50.7 Å². The molecule has 0 aromatic carbocycles. The smallest absolute Gasteiger partial charge is 0.159 e. The van der Waals surface area contributed by atoms with Gasteiger partial charge in [-0.25, -0.2) is 9.97 Å². The van der Waals surface area contributed by atoms with Crippen LogP contribution in [0.5, 0.6) is 0 Å². The number of hydrogen-bond acceptors (Lipinski definition) is 4. The molecule has 0 amide bonds. The van der Waals surface area contributed by atoms with Gasteiger partial charge in [-0.15, -0.1) is 0 Å². The van der Waals surface area contributed by atoms with E-state index in [-0.39, 0.29) is 0 Å². The first-order valence-electron chi connectivity index (χ1n) is 7.74. The van der Waals surface area contributed by atoms with Crippen LogP contribution in [0.1, 0.15) is 49.9 Å². The zero-order valence-electron chi connectivity index (χ0n) is 12.7. The number of nitrogens with zero attached hydrogens (tertiary/aromatic N) is 3. The molecule has 21 heavy (non-hydrogen) atoms. The molecule has 0 spiro atoms. The highest BCUT2D eigenvalue weighted by atomic mass is 15.0. The second-order valence-electron chi connectivity index (χ2n) is 5.84. The van der Waals surface area contributed by atoms with Crippen molar-refractivity contribution in [1.82, 2.24) is 20.3 Å². The number of pyridine rings is 1. The summed E-state index contributed by atoms with van der Waals surface area (Å²) in [6.07, 6.45) is 10.8. The lowest BCUT2D eigenvalue weighted by molar-refractivity contribution is 0.458. The molecule has 1 saturated carbocycles. The fraction of sp³-hybridized carbons (Fsp3) is 0.471. The molecular weight excluding hydrogens is 260 g/mol. The Labute approximate surface area is 126 Å². The van der Waals surface area contributed by atoms with E-state index in [2.05, 4.69) is 34.1 Å². The first-order chi connectivity index (χ1) is 10.2. The molecule has 1 unspecified atom stereocenters. The SMILES string of the molecule is Cc1nc(-c2ccncc2)ncc1C(C)NC1CCCC1. The van der Waals surface area contributed by atoms with Crippen molar-refractivity contribution >= 4 is 0 Å². The summed E-state index contributed by atoms with van der Waals surface area (Å²) < 4.78 is 0. The summed E-state index contributed by atoms with van der Waals surface area (Å²) in [7, 11) is 0. The van der Waals surface area contributed by atoms with Crippen LogP contribution in [-0.4, -0.2) is 21.0 Å². The average molecular weight is 282 g/mol. The van der Waals surface area contributed by atoms with Gasteiger partial charge >= 0.3 is 0 Å². The van der Waals surface area contributed by atoms with Crippen molar-refractivity contribution in [3.05, 3.63) is 42.0 Å². The molecule has 2 aromatic rings. The Hall–Kier alpha value is -1.81. The van der Waals surface area contributed by atoms with Crippen molar-refractivity contribution in [1.29, 1.82) is 0 Å². The minimum atomic E-state index is 0.305. The van der Waals surface area contributed by atoms with Crippen molar-refractivity contribution in [3.63, 3.8) is 0 Å². The van der Waals surface area contributed by atoms with Crippen LogP contribution in [0.25, 0.3) is 11.4 Å². The predicted molar refractivity (Wildman–Crippen MR) is 83.8 cm³/mol. The van der Waals surface area contributed by atoms with Crippen LogP contribution in [-0.2, 0) is 0 Å². The van der Waals surface area contributed by atoms with Gasteiger partial charge in [-0.05, 0) is 38.8 Å². The minimum Gasteiger partial charge on any atom is -0.307 e. The molecule has 110 valence electrons. The van der Waals surface area contributed by atoms with Gasteiger partial charge < -0.3 is 5.32 Å². The number of aryl methyl sites for hydroxylation is 1. The lowest BCUT2D eigenvalue weighted by Crippen LogP contribution is -2.29. The maximum atomic E-state index is 4.66. The van der Waals surface area contributed by atoms with Crippen LogP contribution in [0.3, 0.4) is 0 Å². The van der Waals surface area contributed by atoms with Crippen molar-refractivity contribution in [3.8, 4) is 11.4 Å². The van der Waals surface area contributed by atoms with Crippen LogP contribution in [0.15, 0.2) is 30.7 Å². The van der Waals surface area contributed by atoms with E-state index in [9.17, 15) is 0 Å². The summed E-state index contributed by atoms with van der Waals surface area (Å²) >= 11 is 0. The van der Waals surface area contributed by atoms with Crippen LogP contribution >= 0.6 is 0 Å². The second-order valence-corrected chi connectivity index (χ2v) is 5.84. The molecule has 2 aromatic heterocycles. The molecule has 1 N–H and O–H groups in total. The lowest BCUT2D eigenvalue weighted by Gasteiger charge is -2.20. The van der Waals surface area contributed by atoms with Gasteiger partial charge in [-0.1, -0.05) is 12.8 Å². The van der Waals surface area contributed by atoms with E-state index in [4.69, 9.17) is 0 Å². The van der Waals surface area contributed by atoms with Gasteiger partial charge in [0.15, 0.2) is 5.82 Å². The molecule has 0 saturated heterocycles. The lowest BCUT2D eigenvalue weighted by atomic mass is 10.1. The Kier molecular flexibility index (Phi) is 4.25. The maximum Gasteiger partial charge on any atom is 0.159 e. The summed E-state index contributed by atoms with van der Waals surface area (Å²) in [5, 5.41) is 3.71. The molecule has 2 heterocycles. The molecule has 1 aliphatic rings. The van der Waals surface area contributed by atoms with Crippen molar-refractivity contribution in [2.75, 3.05) is 0 Å². The largest absolute Gasteiger partial charge is 0.307 e. The average Bonchev–Trinajstić information content (AvgIpc) is 3.01. The third kappa shape index (κ3) is 3.27. The molecule has 3 rings (SSSR count). The van der Waals surface area contributed by atoms with Crippen LogP contribution in [0, 0.1) is 6.92 Å². The second kappa shape index (κ2) is 6.31. The Morgan fingerprint density at radius 3 is 2.57 bits per heavy atom. The summed E-state index contributed by atoms with van der Waals surface area (Å²) in [5.41, 5.74) is 3.26. The van der Waals surface area contributed by atoms with E-state index in [1.54, 1.807) is 12.4 Å². The van der Waals surface area contributed by atoms with E-state index >= 15 is 0 Å². The first kappa shape index (κ1) is 14.1. The first-order valence-corrected chi connectivity index (χ1v) is 7.74. The van der Waals surface area contributed by atoms with Crippen LogP contribution < -0.4 is 5.32 Å². The summed E-state index contributed by atoms with van der Waals surface area (Å²) in [5.74, 6) is 0.770. The predicted octanol–water partition coefficient (Wildman–Crippen LogP) is 3.44. The standard InChI is InChI=1S/C17H22N4/c1-12(20-15-5-3-4-6-15)16-11-19-17(21-13(16)2)14-7-9-18-10-8-14/h7-12,15,20H,3-6H2,1-2H3. The van der Waals surface area contributed by atoms with Crippen LogP contribution in [0.2, 0.25) is 0 Å². The zero-order chi connectivity index (χ0) is 14.7. The van der Waals surface area contributed by atoms with Gasteiger partial charge in [0.25, 0.3) is 0 Å². The number of aromatic nitrogens is 3. The molecule has 1 aliphatic carbocycles. The number of hydrogen-bond donors (Lipinski definition) is 1.